The highest BCUT2D eigenvalue weighted by molar-refractivity contribution is 5.88. The number of hydrogen-bond acceptors (Lipinski definition) is 4. The third kappa shape index (κ3) is 3.53. The van der Waals surface area contributed by atoms with Crippen LogP contribution >= 0.6 is 0 Å². The molecule has 21 heavy (non-hydrogen) atoms. The van der Waals surface area contributed by atoms with Gasteiger partial charge in [-0.05, 0) is 31.4 Å². The number of methoxy groups -OCH3 is 1. The Kier molecular flexibility index (Phi) is 4.23. The average molecular weight is 292 g/mol. The molecule has 1 saturated carbocycles. The van der Waals surface area contributed by atoms with E-state index in [0.29, 0.717) is 12.4 Å². The van der Waals surface area contributed by atoms with Gasteiger partial charge in [-0.1, -0.05) is 20.8 Å². The van der Waals surface area contributed by atoms with Crippen LogP contribution in [0.2, 0.25) is 0 Å². The first kappa shape index (κ1) is 15.8. The van der Waals surface area contributed by atoms with Crippen molar-refractivity contribution in [2.24, 2.45) is 0 Å². The lowest BCUT2D eigenvalue weighted by molar-refractivity contribution is -0.0601. The van der Waals surface area contributed by atoms with Crippen molar-refractivity contribution in [1.29, 1.82) is 0 Å². The summed E-state index contributed by atoms with van der Waals surface area (Å²) in [5.74, 6) is -0.334. The Hall–Kier alpha value is -1.62. The van der Waals surface area contributed by atoms with Crippen molar-refractivity contribution in [3.8, 4) is 0 Å². The predicted octanol–water partition coefficient (Wildman–Crippen LogP) is 3.06. The van der Waals surface area contributed by atoms with Gasteiger partial charge >= 0.3 is 5.97 Å². The molecule has 2 N–H and O–H groups in total. The Labute approximate surface area is 125 Å². The number of hydrogen-bond donors (Lipinski definition) is 2. The number of aromatic nitrogens is 1. The number of carboxylic acid groups (broad SMARTS) is 1. The molecule has 1 aromatic heterocycles. The van der Waals surface area contributed by atoms with E-state index in [1.54, 1.807) is 19.2 Å². The number of rotatable bonds is 5. The van der Waals surface area contributed by atoms with Crippen molar-refractivity contribution in [3.63, 3.8) is 0 Å². The summed E-state index contributed by atoms with van der Waals surface area (Å²) in [5, 5.41) is 12.5. The number of nitrogens with zero attached hydrogens (tertiary/aromatic N) is 1. The van der Waals surface area contributed by atoms with Gasteiger partial charge in [0.1, 0.15) is 5.82 Å². The summed E-state index contributed by atoms with van der Waals surface area (Å²) in [7, 11) is 1.72. The minimum absolute atomic E-state index is 0.122. The highest BCUT2D eigenvalue weighted by atomic mass is 16.5. The molecule has 2 rings (SSSR count). The average Bonchev–Trinajstić information content (AvgIpc) is 2.36. The van der Waals surface area contributed by atoms with Crippen molar-refractivity contribution >= 4 is 11.8 Å². The van der Waals surface area contributed by atoms with Crippen molar-refractivity contribution in [1.82, 2.24) is 4.98 Å². The maximum Gasteiger partial charge on any atom is 0.335 e. The monoisotopic (exact) mass is 292 g/mol. The zero-order valence-electron chi connectivity index (χ0n) is 13.2. The van der Waals surface area contributed by atoms with Gasteiger partial charge < -0.3 is 15.2 Å². The summed E-state index contributed by atoms with van der Waals surface area (Å²) in [6.45, 7) is 6.72. The van der Waals surface area contributed by atoms with Gasteiger partial charge in [-0.15, -0.1) is 0 Å². The zero-order valence-corrected chi connectivity index (χ0v) is 13.2. The van der Waals surface area contributed by atoms with Gasteiger partial charge in [-0.2, -0.15) is 0 Å². The fourth-order valence-corrected chi connectivity index (χ4v) is 2.40. The summed E-state index contributed by atoms with van der Waals surface area (Å²) < 4.78 is 5.56. The van der Waals surface area contributed by atoms with Crippen molar-refractivity contribution in [2.45, 2.75) is 51.0 Å². The molecule has 0 amide bonds. The molecule has 0 radical (unpaired) electrons. The Balaban J connectivity index is 2.22. The third-order valence-corrected chi connectivity index (χ3v) is 4.13. The molecule has 0 aliphatic heterocycles. The Morgan fingerprint density at radius 1 is 1.43 bits per heavy atom. The van der Waals surface area contributed by atoms with E-state index in [1.165, 1.54) is 6.42 Å². The van der Waals surface area contributed by atoms with Crippen LogP contribution in [0.1, 0.15) is 56.1 Å². The third-order valence-electron chi connectivity index (χ3n) is 4.13. The molecule has 1 aliphatic carbocycles. The van der Waals surface area contributed by atoms with Crippen molar-refractivity contribution < 1.29 is 14.6 Å². The summed E-state index contributed by atoms with van der Waals surface area (Å²) in [4.78, 5) is 15.8. The van der Waals surface area contributed by atoms with E-state index >= 15 is 0 Å². The lowest BCUT2D eigenvalue weighted by Gasteiger charge is -2.40. The van der Waals surface area contributed by atoms with Gasteiger partial charge in [0.25, 0.3) is 0 Å². The second-order valence-corrected chi connectivity index (χ2v) is 6.78. The number of aromatic carboxylic acids is 1. The molecule has 0 unspecified atom stereocenters. The predicted molar refractivity (Wildman–Crippen MR) is 82.0 cm³/mol. The molecular weight excluding hydrogens is 268 g/mol. The minimum Gasteiger partial charge on any atom is -0.478 e. The Morgan fingerprint density at radius 2 is 2.10 bits per heavy atom. The molecule has 0 aromatic carbocycles. The number of ether oxygens (including phenoxy) is 1. The molecule has 1 heterocycles. The second-order valence-electron chi connectivity index (χ2n) is 6.78. The molecule has 0 spiro atoms. The molecule has 0 atom stereocenters. The molecule has 5 nitrogen and oxygen atoms in total. The van der Waals surface area contributed by atoms with E-state index in [-0.39, 0.29) is 16.6 Å². The molecule has 116 valence electrons. The SMILES string of the molecule is COC1(CNc2cc(C(=O)O)cc(C(C)(C)C)n2)CCC1. The first-order chi connectivity index (χ1) is 9.76. The fraction of sp³-hybridized carbons (Fsp3) is 0.625. The van der Waals surface area contributed by atoms with Crippen LogP contribution in [0.4, 0.5) is 5.82 Å². The van der Waals surface area contributed by atoms with Crippen molar-refractivity contribution in [3.05, 3.63) is 23.4 Å². The molecular formula is C16H24N2O3. The molecule has 1 aliphatic rings. The summed E-state index contributed by atoms with van der Waals surface area (Å²) >= 11 is 0. The van der Waals surface area contributed by atoms with Gasteiger partial charge in [-0.3, -0.25) is 0 Å². The maximum absolute atomic E-state index is 11.3. The van der Waals surface area contributed by atoms with Gasteiger partial charge in [0.15, 0.2) is 0 Å². The Bertz CT molecular complexity index is 525. The lowest BCUT2D eigenvalue weighted by atomic mass is 9.80. The second kappa shape index (κ2) is 5.64. The number of carbonyl (C=O) groups is 1. The maximum atomic E-state index is 11.3. The topological polar surface area (TPSA) is 71.5 Å². The van der Waals surface area contributed by atoms with Crippen LogP contribution in [0.15, 0.2) is 12.1 Å². The van der Waals surface area contributed by atoms with E-state index < -0.39 is 5.97 Å². The van der Waals surface area contributed by atoms with Crippen LogP contribution in [0.5, 0.6) is 0 Å². The standard InChI is InChI=1S/C16H24N2O3/c1-15(2,3)12-8-11(14(19)20)9-13(18-12)17-10-16(21-4)6-5-7-16/h8-9H,5-7,10H2,1-4H3,(H,17,18)(H,19,20). The number of carboxylic acids is 1. The molecule has 0 saturated heterocycles. The van der Waals surface area contributed by atoms with Gasteiger partial charge in [0.2, 0.25) is 0 Å². The van der Waals surface area contributed by atoms with E-state index in [1.807, 2.05) is 20.8 Å². The smallest absolute Gasteiger partial charge is 0.335 e. The summed E-state index contributed by atoms with van der Waals surface area (Å²) in [6, 6.07) is 3.22. The first-order valence-corrected chi connectivity index (χ1v) is 7.31. The fourth-order valence-electron chi connectivity index (χ4n) is 2.40. The van der Waals surface area contributed by atoms with E-state index in [2.05, 4.69) is 10.3 Å². The van der Waals surface area contributed by atoms with Gasteiger partial charge in [0.05, 0.1) is 11.2 Å². The van der Waals surface area contributed by atoms with Crippen LogP contribution in [0, 0.1) is 0 Å². The summed E-state index contributed by atoms with van der Waals surface area (Å²) in [6.07, 6.45) is 3.23. The van der Waals surface area contributed by atoms with Gasteiger partial charge in [0, 0.05) is 24.8 Å². The molecule has 1 aromatic rings. The number of nitrogens with one attached hydrogen (secondary N) is 1. The summed E-state index contributed by atoms with van der Waals surface area (Å²) in [5.41, 5.74) is 0.711. The number of pyridine rings is 1. The molecule has 5 heteroatoms. The normalized spacial score (nSPS) is 17.1. The Morgan fingerprint density at radius 3 is 2.52 bits per heavy atom. The zero-order chi connectivity index (χ0) is 15.7. The number of anilines is 1. The van der Waals surface area contributed by atoms with Crippen LogP contribution in [0.3, 0.4) is 0 Å². The minimum atomic E-state index is -0.934. The largest absolute Gasteiger partial charge is 0.478 e. The highest BCUT2D eigenvalue weighted by Crippen LogP contribution is 2.35. The van der Waals surface area contributed by atoms with E-state index in [9.17, 15) is 9.90 Å². The van der Waals surface area contributed by atoms with E-state index in [4.69, 9.17) is 4.74 Å². The van der Waals surface area contributed by atoms with Crippen LogP contribution in [0.25, 0.3) is 0 Å². The van der Waals surface area contributed by atoms with Crippen LogP contribution in [-0.2, 0) is 10.2 Å². The molecule has 0 bridgehead atoms. The van der Waals surface area contributed by atoms with E-state index in [0.717, 1.165) is 18.5 Å². The lowest BCUT2D eigenvalue weighted by Crippen LogP contribution is -2.45. The van der Waals surface area contributed by atoms with Crippen molar-refractivity contribution in [2.75, 3.05) is 19.0 Å². The quantitative estimate of drug-likeness (QED) is 0.872. The van der Waals surface area contributed by atoms with Gasteiger partial charge in [-0.25, -0.2) is 9.78 Å². The van der Waals surface area contributed by atoms with Crippen LogP contribution < -0.4 is 5.32 Å². The first-order valence-electron chi connectivity index (χ1n) is 7.31. The molecule has 1 fully saturated rings. The van der Waals surface area contributed by atoms with Crippen LogP contribution in [-0.4, -0.2) is 35.3 Å². The highest BCUT2D eigenvalue weighted by Gasteiger charge is 2.36.